The van der Waals surface area contributed by atoms with Crippen LogP contribution in [0.4, 0.5) is 13.2 Å². The Hall–Kier alpha value is -1.15. The zero-order valence-corrected chi connectivity index (χ0v) is 11.4. The number of rotatable bonds is 6. The number of alkyl halides is 3. The number of fused-ring (bicyclic) bond motifs is 1. The highest BCUT2D eigenvalue weighted by Gasteiger charge is 2.27. The Morgan fingerprint density at radius 2 is 2.10 bits per heavy atom. The SMILES string of the molecule is NNC(CCOCC(F)(F)F)c1cccc2ccsc12. The molecule has 1 aromatic carbocycles. The van der Waals surface area contributed by atoms with Crippen LogP contribution in [0, 0.1) is 0 Å². The molecule has 0 saturated carbocycles. The monoisotopic (exact) mass is 304 g/mol. The van der Waals surface area contributed by atoms with Crippen LogP contribution in [0.3, 0.4) is 0 Å². The number of benzene rings is 1. The summed E-state index contributed by atoms with van der Waals surface area (Å²) in [7, 11) is 0. The van der Waals surface area contributed by atoms with E-state index in [9.17, 15) is 13.2 Å². The van der Waals surface area contributed by atoms with Gasteiger partial charge in [-0.1, -0.05) is 18.2 Å². The summed E-state index contributed by atoms with van der Waals surface area (Å²) in [5.74, 6) is 5.51. The number of hydrogen-bond acceptors (Lipinski definition) is 4. The van der Waals surface area contributed by atoms with Crippen molar-refractivity contribution in [1.82, 2.24) is 5.43 Å². The van der Waals surface area contributed by atoms with Crippen LogP contribution < -0.4 is 11.3 Å². The molecule has 0 aliphatic carbocycles. The van der Waals surface area contributed by atoms with Crippen LogP contribution in [0.15, 0.2) is 29.6 Å². The highest BCUT2D eigenvalue weighted by molar-refractivity contribution is 7.17. The molecule has 3 nitrogen and oxygen atoms in total. The molecule has 3 N–H and O–H groups in total. The van der Waals surface area contributed by atoms with Crippen LogP contribution in [0.2, 0.25) is 0 Å². The summed E-state index contributed by atoms with van der Waals surface area (Å²) in [6.45, 7) is -1.23. The second kappa shape index (κ2) is 6.53. The zero-order chi connectivity index (χ0) is 14.6. The number of ether oxygens (including phenoxy) is 1. The molecule has 0 spiro atoms. The van der Waals surface area contributed by atoms with E-state index in [0.717, 1.165) is 15.6 Å². The predicted molar refractivity (Wildman–Crippen MR) is 73.4 cm³/mol. The summed E-state index contributed by atoms with van der Waals surface area (Å²) in [6.07, 6.45) is -3.91. The van der Waals surface area contributed by atoms with E-state index >= 15 is 0 Å². The highest BCUT2D eigenvalue weighted by Crippen LogP contribution is 2.30. The van der Waals surface area contributed by atoms with E-state index < -0.39 is 12.8 Å². The molecular formula is C13H15F3N2OS. The lowest BCUT2D eigenvalue weighted by atomic mass is 10.0. The number of halogens is 3. The van der Waals surface area contributed by atoms with Crippen molar-refractivity contribution < 1.29 is 17.9 Å². The first-order valence-corrected chi connectivity index (χ1v) is 6.96. The maximum atomic E-state index is 12.0. The topological polar surface area (TPSA) is 47.3 Å². The molecule has 1 unspecified atom stereocenters. The van der Waals surface area contributed by atoms with Crippen molar-refractivity contribution in [2.24, 2.45) is 5.84 Å². The van der Waals surface area contributed by atoms with Gasteiger partial charge in [-0.2, -0.15) is 13.2 Å². The first kappa shape index (κ1) is 15.2. The summed E-state index contributed by atoms with van der Waals surface area (Å²) in [5, 5.41) is 3.07. The summed E-state index contributed by atoms with van der Waals surface area (Å²) in [6, 6.07) is 7.59. The molecule has 2 rings (SSSR count). The second-order valence-electron chi connectivity index (χ2n) is 4.36. The van der Waals surface area contributed by atoms with Gasteiger partial charge in [-0.25, -0.2) is 0 Å². The van der Waals surface area contributed by atoms with Gasteiger partial charge in [-0.05, 0) is 28.8 Å². The van der Waals surface area contributed by atoms with Crippen molar-refractivity contribution in [3.63, 3.8) is 0 Å². The number of nitrogens with one attached hydrogen (secondary N) is 1. The Labute approximate surface area is 118 Å². The summed E-state index contributed by atoms with van der Waals surface area (Å²) in [4.78, 5) is 0. The van der Waals surface area contributed by atoms with Crippen molar-refractivity contribution >= 4 is 21.4 Å². The van der Waals surface area contributed by atoms with Crippen molar-refractivity contribution in [1.29, 1.82) is 0 Å². The normalized spacial score (nSPS) is 13.8. The fraction of sp³-hybridized carbons (Fsp3) is 0.385. The first-order chi connectivity index (χ1) is 9.51. The van der Waals surface area contributed by atoms with Gasteiger partial charge >= 0.3 is 6.18 Å². The first-order valence-electron chi connectivity index (χ1n) is 6.08. The maximum Gasteiger partial charge on any atom is 0.411 e. The highest BCUT2D eigenvalue weighted by atomic mass is 32.1. The van der Waals surface area contributed by atoms with E-state index in [1.54, 1.807) is 11.3 Å². The smallest absolute Gasteiger partial charge is 0.372 e. The third kappa shape index (κ3) is 3.92. The Balaban J connectivity index is 2.00. The number of hydrazine groups is 1. The van der Waals surface area contributed by atoms with Crippen LogP contribution in [-0.4, -0.2) is 19.4 Å². The molecule has 0 bridgehead atoms. The lowest BCUT2D eigenvalue weighted by Crippen LogP contribution is -2.29. The van der Waals surface area contributed by atoms with Crippen LogP contribution in [0.5, 0.6) is 0 Å². The zero-order valence-electron chi connectivity index (χ0n) is 10.6. The molecule has 7 heteroatoms. The summed E-state index contributed by atoms with van der Waals surface area (Å²) >= 11 is 1.58. The predicted octanol–water partition coefficient (Wildman–Crippen LogP) is 3.37. The molecule has 1 aromatic heterocycles. The Bertz CT molecular complexity index is 556. The van der Waals surface area contributed by atoms with Crippen molar-refractivity contribution in [3.05, 3.63) is 35.2 Å². The van der Waals surface area contributed by atoms with Crippen LogP contribution in [0.25, 0.3) is 10.1 Å². The van der Waals surface area contributed by atoms with Gasteiger partial charge in [0.2, 0.25) is 0 Å². The average molecular weight is 304 g/mol. The number of thiophene rings is 1. The van der Waals surface area contributed by atoms with E-state index in [4.69, 9.17) is 5.84 Å². The summed E-state index contributed by atoms with van der Waals surface area (Å²) in [5.41, 5.74) is 3.63. The quantitative estimate of drug-likeness (QED) is 0.488. The molecule has 0 aliphatic heterocycles. The molecule has 0 radical (unpaired) electrons. The Morgan fingerprint density at radius 3 is 2.80 bits per heavy atom. The van der Waals surface area contributed by atoms with Gasteiger partial charge in [0, 0.05) is 17.3 Å². The fourth-order valence-corrected chi connectivity index (χ4v) is 2.98. The third-order valence-corrected chi connectivity index (χ3v) is 3.88. The van der Waals surface area contributed by atoms with Crippen molar-refractivity contribution in [3.8, 4) is 0 Å². The van der Waals surface area contributed by atoms with Crippen LogP contribution in [0.1, 0.15) is 18.0 Å². The van der Waals surface area contributed by atoms with Crippen molar-refractivity contribution in [2.75, 3.05) is 13.2 Å². The molecule has 0 fully saturated rings. The van der Waals surface area contributed by atoms with Gasteiger partial charge in [0.1, 0.15) is 6.61 Å². The third-order valence-electron chi connectivity index (χ3n) is 2.90. The molecule has 0 amide bonds. The maximum absolute atomic E-state index is 12.0. The minimum atomic E-state index is -4.29. The number of hydrogen-bond donors (Lipinski definition) is 2. The summed E-state index contributed by atoms with van der Waals surface area (Å²) < 4.78 is 41.7. The van der Waals surface area contributed by atoms with E-state index in [0.29, 0.717) is 6.42 Å². The minimum Gasteiger partial charge on any atom is -0.372 e. The molecule has 20 heavy (non-hydrogen) atoms. The largest absolute Gasteiger partial charge is 0.411 e. The number of nitrogens with two attached hydrogens (primary N) is 1. The lowest BCUT2D eigenvalue weighted by Gasteiger charge is -2.17. The average Bonchev–Trinajstić information content (AvgIpc) is 2.86. The van der Waals surface area contributed by atoms with Crippen molar-refractivity contribution in [2.45, 2.75) is 18.6 Å². The van der Waals surface area contributed by atoms with Gasteiger partial charge in [-0.3, -0.25) is 11.3 Å². The molecule has 2 aromatic rings. The second-order valence-corrected chi connectivity index (χ2v) is 5.28. The minimum absolute atomic E-state index is 0.00383. The van der Waals surface area contributed by atoms with E-state index in [-0.39, 0.29) is 12.6 Å². The van der Waals surface area contributed by atoms with Gasteiger partial charge in [-0.15, -0.1) is 11.3 Å². The van der Waals surface area contributed by atoms with Gasteiger partial charge in [0.25, 0.3) is 0 Å². The molecular weight excluding hydrogens is 289 g/mol. The van der Waals surface area contributed by atoms with Gasteiger partial charge < -0.3 is 4.74 Å². The molecule has 0 saturated heterocycles. The fourth-order valence-electron chi connectivity index (χ4n) is 2.01. The van der Waals surface area contributed by atoms with Crippen LogP contribution >= 0.6 is 11.3 Å². The Kier molecular flexibility index (Phi) is 4.98. The molecule has 0 aliphatic rings. The molecule has 110 valence electrons. The van der Waals surface area contributed by atoms with E-state index in [1.165, 1.54) is 0 Å². The molecule has 1 heterocycles. The Morgan fingerprint density at radius 1 is 1.30 bits per heavy atom. The van der Waals surface area contributed by atoms with Gasteiger partial charge in [0.15, 0.2) is 0 Å². The van der Waals surface area contributed by atoms with Gasteiger partial charge in [0.05, 0.1) is 0 Å². The van der Waals surface area contributed by atoms with Crippen LogP contribution in [-0.2, 0) is 4.74 Å². The standard InChI is InChI=1S/C13H15F3N2OS/c14-13(15,16)8-19-6-4-11(18-17)10-3-1-2-9-5-7-20-12(9)10/h1-3,5,7,11,18H,4,6,8,17H2. The molecule has 1 atom stereocenters. The van der Waals surface area contributed by atoms with E-state index in [1.807, 2.05) is 29.6 Å². The lowest BCUT2D eigenvalue weighted by molar-refractivity contribution is -0.174. The van der Waals surface area contributed by atoms with E-state index in [2.05, 4.69) is 10.2 Å².